The van der Waals surface area contributed by atoms with Crippen molar-refractivity contribution in [2.45, 2.75) is 18.9 Å². The van der Waals surface area contributed by atoms with Crippen molar-refractivity contribution in [1.82, 2.24) is 0 Å². The van der Waals surface area contributed by atoms with Crippen LogP contribution in [0.25, 0.3) is 0 Å². The van der Waals surface area contributed by atoms with Crippen molar-refractivity contribution in [3.63, 3.8) is 0 Å². The Kier molecular flexibility index (Phi) is 2.35. The Balaban J connectivity index is 2.40. The molecule has 1 aliphatic rings. The molecule has 0 saturated carbocycles. The molecule has 0 radical (unpaired) electrons. The van der Waals surface area contributed by atoms with Crippen LogP contribution < -0.4 is 0 Å². The Bertz CT molecular complexity index is 368. The number of benzene rings is 1. The van der Waals surface area contributed by atoms with Gasteiger partial charge in [-0.15, -0.1) is 6.58 Å². The van der Waals surface area contributed by atoms with Crippen molar-refractivity contribution in [2.24, 2.45) is 0 Å². The topological polar surface area (TPSA) is 26.3 Å². The standard InChI is InChI=1S/C12H12O2/c1-2-5-11-10-7-4-3-6-9(10)8-14-12(11)13/h2-4,6-7,11H,1,5,8H2/t11-/m0/s1. The first-order valence-corrected chi connectivity index (χ1v) is 4.68. The monoisotopic (exact) mass is 188 g/mol. The molecule has 0 saturated heterocycles. The molecule has 72 valence electrons. The fourth-order valence-corrected chi connectivity index (χ4v) is 1.77. The lowest BCUT2D eigenvalue weighted by Gasteiger charge is -2.23. The molecule has 1 aromatic rings. The van der Waals surface area contributed by atoms with Gasteiger partial charge in [0.2, 0.25) is 0 Å². The van der Waals surface area contributed by atoms with Crippen LogP contribution in [0.15, 0.2) is 36.9 Å². The van der Waals surface area contributed by atoms with Gasteiger partial charge in [-0.2, -0.15) is 0 Å². The lowest BCUT2D eigenvalue weighted by atomic mass is 9.90. The first-order chi connectivity index (χ1) is 6.83. The summed E-state index contributed by atoms with van der Waals surface area (Å²) in [6, 6.07) is 7.90. The van der Waals surface area contributed by atoms with Crippen molar-refractivity contribution >= 4 is 5.97 Å². The number of cyclic esters (lactones) is 1. The van der Waals surface area contributed by atoms with E-state index in [0.29, 0.717) is 13.0 Å². The molecule has 0 N–H and O–H groups in total. The van der Waals surface area contributed by atoms with Crippen molar-refractivity contribution in [1.29, 1.82) is 0 Å². The van der Waals surface area contributed by atoms with Crippen molar-refractivity contribution in [3.05, 3.63) is 48.0 Å². The second-order valence-corrected chi connectivity index (χ2v) is 3.38. The minimum absolute atomic E-state index is 0.136. The SMILES string of the molecule is C=CC[C@@H]1C(=O)OCc2ccccc21. The van der Waals surface area contributed by atoms with E-state index in [1.54, 1.807) is 6.08 Å². The van der Waals surface area contributed by atoms with E-state index in [-0.39, 0.29) is 11.9 Å². The van der Waals surface area contributed by atoms with E-state index in [4.69, 9.17) is 4.74 Å². The normalized spacial score (nSPS) is 19.7. The van der Waals surface area contributed by atoms with Gasteiger partial charge in [-0.05, 0) is 17.5 Å². The highest BCUT2D eigenvalue weighted by Crippen LogP contribution is 2.29. The third kappa shape index (κ3) is 1.43. The van der Waals surface area contributed by atoms with Crippen LogP contribution >= 0.6 is 0 Å². The maximum Gasteiger partial charge on any atom is 0.314 e. The molecule has 1 heterocycles. The predicted molar refractivity (Wildman–Crippen MR) is 53.8 cm³/mol. The van der Waals surface area contributed by atoms with Gasteiger partial charge in [0.05, 0.1) is 5.92 Å². The average Bonchev–Trinajstić information content (AvgIpc) is 2.23. The zero-order valence-electron chi connectivity index (χ0n) is 7.90. The van der Waals surface area contributed by atoms with Gasteiger partial charge < -0.3 is 4.74 Å². The molecule has 0 bridgehead atoms. The van der Waals surface area contributed by atoms with Gasteiger partial charge in [-0.25, -0.2) is 0 Å². The minimum atomic E-state index is -0.155. The van der Waals surface area contributed by atoms with Crippen LogP contribution in [0.1, 0.15) is 23.5 Å². The van der Waals surface area contributed by atoms with Crippen LogP contribution in [0.5, 0.6) is 0 Å². The number of carbonyl (C=O) groups is 1. The number of carbonyl (C=O) groups excluding carboxylic acids is 1. The predicted octanol–water partition coefficient (Wildman–Crippen LogP) is 2.40. The van der Waals surface area contributed by atoms with Gasteiger partial charge in [0.25, 0.3) is 0 Å². The number of esters is 1. The summed E-state index contributed by atoms with van der Waals surface area (Å²) in [5.41, 5.74) is 2.20. The second kappa shape index (κ2) is 3.66. The Hall–Kier alpha value is -1.57. The van der Waals surface area contributed by atoms with E-state index in [1.165, 1.54) is 0 Å². The number of fused-ring (bicyclic) bond motifs is 1. The molecule has 1 aromatic carbocycles. The lowest BCUT2D eigenvalue weighted by Crippen LogP contribution is -2.22. The average molecular weight is 188 g/mol. The summed E-state index contributed by atoms with van der Waals surface area (Å²) in [6.45, 7) is 4.06. The molecular weight excluding hydrogens is 176 g/mol. The Morgan fingerprint density at radius 1 is 1.50 bits per heavy atom. The van der Waals surface area contributed by atoms with E-state index in [2.05, 4.69) is 6.58 Å². The summed E-state index contributed by atoms with van der Waals surface area (Å²) >= 11 is 0. The smallest absolute Gasteiger partial charge is 0.314 e. The van der Waals surface area contributed by atoms with Gasteiger partial charge in [-0.3, -0.25) is 4.79 Å². The van der Waals surface area contributed by atoms with E-state index in [1.807, 2.05) is 24.3 Å². The highest BCUT2D eigenvalue weighted by atomic mass is 16.5. The highest BCUT2D eigenvalue weighted by molar-refractivity contribution is 5.80. The molecule has 0 aliphatic carbocycles. The Morgan fingerprint density at radius 3 is 3.07 bits per heavy atom. The zero-order valence-corrected chi connectivity index (χ0v) is 7.90. The summed E-state index contributed by atoms with van der Waals surface area (Å²) in [5.74, 6) is -0.291. The summed E-state index contributed by atoms with van der Waals surface area (Å²) in [7, 11) is 0. The molecule has 14 heavy (non-hydrogen) atoms. The fraction of sp³-hybridized carbons (Fsp3) is 0.250. The van der Waals surface area contributed by atoms with Crippen LogP contribution in [-0.2, 0) is 16.1 Å². The first-order valence-electron chi connectivity index (χ1n) is 4.68. The fourth-order valence-electron chi connectivity index (χ4n) is 1.77. The van der Waals surface area contributed by atoms with Gasteiger partial charge in [0, 0.05) is 0 Å². The van der Waals surface area contributed by atoms with Gasteiger partial charge >= 0.3 is 5.97 Å². The molecule has 2 nitrogen and oxygen atoms in total. The van der Waals surface area contributed by atoms with Crippen LogP contribution in [-0.4, -0.2) is 5.97 Å². The molecule has 0 unspecified atom stereocenters. The molecular formula is C12H12O2. The quantitative estimate of drug-likeness (QED) is 0.526. The van der Waals surface area contributed by atoms with Gasteiger partial charge in [-0.1, -0.05) is 30.3 Å². The lowest BCUT2D eigenvalue weighted by molar-refractivity contribution is -0.148. The summed E-state index contributed by atoms with van der Waals surface area (Å²) < 4.78 is 5.08. The third-order valence-electron chi connectivity index (χ3n) is 2.49. The number of hydrogen-bond donors (Lipinski definition) is 0. The molecule has 0 spiro atoms. The maximum atomic E-state index is 11.5. The van der Waals surface area contributed by atoms with E-state index in [9.17, 15) is 4.79 Å². The second-order valence-electron chi connectivity index (χ2n) is 3.38. The van der Waals surface area contributed by atoms with Crippen molar-refractivity contribution in [2.75, 3.05) is 0 Å². The van der Waals surface area contributed by atoms with E-state index >= 15 is 0 Å². The molecule has 0 fully saturated rings. The van der Waals surface area contributed by atoms with E-state index < -0.39 is 0 Å². The first kappa shape index (κ1) is 9.00. The highest BCUT2D eigenvalue weighted by Gasteiger charge is 2.27. The van der Waals surface area contributed by atoms with Crippen LogP contribution in [0, 0.1) is 0 Å². The molecule has 2 rings (SSSR count). The number of hydrogen-bond acceptors (Lipinski definition) is 2. The van der Waals surface area contributed by atoms with Gasteiger partial charge in [0.1, 0.15) is 6.61 Å². The zero-order chi connectivity index (χ0) is 9.97. The van der Waals surface area contributed by atoms with Crippen LogP contribution in [0.2, 0.25) is 0 Å². The number of rotatable bonds is 2. The molecule has 0 amide bonds. The van der Waals surface area contributed by atoms with Gasteiger partial charge in [0.15, 0.2) is 0 Å². The number of allylic oxidation sites excluding steroid dienone is 1. The Labute approximate surface area is 83.2 Å². The molecule has 0 aromatic heterocycles. The molecule has 2 heteroatoms. The van der Waals surface area contributed by atoms with Crippen molar-refractivity contribution in [3.8, 4) is 0 Å². The molecule has 1 atom stereocenters. The summed E-state index contributed by atoms with van der Waals surface area (Å²) in [4.78, 5) is 11.5. The Morgan fingerprint density at radius 2 is 2.29 bits per heavy atom. The number of ether oxygens (including phenoxy) is 1. The van der Waals surface area contributed by atoms with Crippen molar-refractivity contribution < 1.29 is 9.53 Å². The summed E-state index contributed by atoms with van der Waals surface area (Å²) in [5, 5.41) is 0. The largest absolute Gasteiger partial charge is 0.460 e. The third-order valence-corrected chi connectivity index (χ3v) is 2.49. The van der Waals surface area contributed by atoms with Crippen LogP contribution in [0.3, 0.4) is 0 Å². The minimum Gasteiger partial charge on any atom is -0.460 e. The maximum absolute atomic E-state index is 11.5. The summed E-state index contributed by atoms with van der Waals surface area (Å²) in [6.07, 6.45) is 2.41. The van der Waals surface area contributed by atoms with Crippen LogP contribution in [0.4, 0.5) is 0 Å². The van der Waals surface area contributed by atoms with E-state index in [0.717, 1.165) is 11.1 Å². The molecule has 1 aliphatic heterocycles.